The smallest absolute Gasteiger partial charge is 0.237 e. The number of nitrogens with one attached hydrogen (secondary N) is 1. The van der Waals surface area contributed by atoms with Crippen LogP contribution in [0.5, 0.6) is 0 Å². The lowest BCUT2D eigenvalue weighted by Gasteiger charge is -2.38. The number of primary amides is 1. The molecule has 2 aliphatic carbocycles. The zero-order valence-corrected chi connectivity index (χ0v) is 9.59. The summed E-state index contributed by atoms with van der Waals surface area (Å²) in [4.78, 5) is 11.6. The second-order valence-corrected chi connectivity index (χ2v) is 5.47. The topological polar surface area (TPSA) is 55.1 Å². The van der Waals surface area contributed by atoms with Gasteiger partial charge in [0.2, 0.25) is 5.91 Å². The molecule has 15 heavy (non-hydrogen) atoms. The Morgan fingerprint density at radius 1 is 1.47 bits per heavy atom. The summed E-state index contributed by atoms with van der Waals surface area (Å²) in [7, 11) is 0. The van der Waals surface area contributed by atoms with Crippen LogP contribution in [0.25, 0.3) is 0 Å². The SMILES string of the molecule is CC1CCCC(NCC2CC2)(C(N)=O)C1. The van der Waals surface area contributed by atoms with Crippen molar-refractivity contribution in [3.05, 3.63) is 0 Å². The van der Waals surface area contributed by atoms with Gasteiger partial charge in [-0.25, -0.2) is 0 Å². The van der Waals surface area contributed by atoms with Crippen LogP contribution in [0.4, 0.5) is 0 Å². The fourth-order valence-electron chi connectivity index (χ4n) is 2.68. The van der Waals surface area contributed by atoms with Crippen LogP contribution in [-0.4, -0.2) is 18.0 Å². The number of nitrogens with two attached hydrogens (primary N) is 1. The molecule has 3 N–H and O–H groups in total. The molecule has 1 amide bonds. The van der Waals surface area contributed by atoms with Gasteiger partial charge in [-0.15, -0.1) is 0 Å². The number of rotatable bonds is 4. The highest BCUT2D eigenvalue weighted by Gasteiger charge is 2.40. The molecule has 0 radical (unpaired) electrons. The van der Waals surface area contributed by atoms with Gasteiger partial charge < -0.3 is 11.1 Å². The van der Waals surface area contributed by atoms with E-state index in [0.717, 1.165) is 31.7 Å². The van der Waals surface area contributed by atoms with Crippen molar-refractivity contribution in [1.82, 2.24) is 5.32 Å². The first kappa shape index (κ1) is 10.9. The number of hydrogen-bond donors (Lipinski definition) is 2. The molecule has 2 saturated carbocycles. The van der Waals surface area contributed by atoms with Gasteiger partial charge in [-0.05, 0) is 44.1 Å². The average Bonchev–Trinajstić information content (AvgIpc) is 2.98. The van der Waals surface area contributed by atoms with Gasteiger partial charge in [-0.3, -0.25) is 4.79 Å². The molecule has 86 valence electrons. The molecule has 2 fully saturated rings. The molecule has 0 spiro atoms. The maximum atomic E-state index is 11.6. The number of hydrogen-bond acceptors (Lipinski definition) is 2. The Morgan fingerprint density at radius 3 is 2.73 bits per heavy atom. The van der Waals surface area contributed by atoms with Gasteiger partial charge in [0.25, 0.3) is 0 Å². The first-order chi connectivity index (χ1) is 7.12. The van der Waals surface area contributed by atoms with E-state index in [4.69, 9.17) is 5.73 Å². The Morgan fingerprint density at radius 2 is 2.20 bits per heavy atom. The van der Waals surface area contributed by atoms with Crippen LogP contribution in [0, 0.1) is 11.8 Å². The second-order valence-electron chi connectivity index (χ2n) is 5.47. The highest BCUT2D eigenvalue weighted by atomic mass is 16.1. The lowest BCUT2D eigenvalue weighted by molar-refractivity contribution is -0.126. The summed E-state index contributed by atoms with van der Waals surface area (Å²) in [5.74, 6) is 1.28. The third-order valence-electron chi connectivity index (χ3n) is 3.90. The lowest BCUT2D eigenvalue weighted by Crippen LogP contribution is -2.58. The van der Waals surface area contributed by atoms with Crippen LogP contribution >= 0.6 is 0 Å². The molecule has 0 heterocycles. The lowest BCUT2D eigenvalue weighted by atomic mass is 9.76. The minimum Gasteiger partial charge on any atom is -0.368 e. The Labute approximate surface area is 91.8 Å². The van der Waals surface area contributed by atoms with E-state index in [1.54, 1.807) is 0 Å². The summed E-state index contributed by atoms with van der Waals surface area (Å²) in [5, 5.41) is 3.45. The van der Waals surface area contributed by atoms with Gasteiger partial charge >= 0.3 is 0 Å². The molecule has 0 bridgehead atoms. The average molecular weight is 210 g/mol. The zero-order valence-electron chi connectivity index (χ0n) is 9.59. The van der Waals surface area contributed by atoms with Crippen molar-refractivity contribution < 1.29 is 4.79 Å². The summed E-state index contributed by atoms with van der Waals surface area (Å²) in [6.07, 6.45) is 6.85. The van der Waals surface area contributed by atoms with E-state index >= 15 is 0 Å². The van der Waals surface area contributed by atoms with Crippen LogP contribution in [0.2, 0.25) is 0 Å². The normalized spacial score (nSPS) is 36.5. The molecule has 0 saturated heterocycles. The van der Waals surface area contributed by atoms with Crippen LogP contribution in [0.1, 0.15) is 45.4 Å². The number of amides is 1. The standard InChI is InChI=1S/C12H22N2O/c1-9-3-2-6-12(7-9,11(13)15)14-8-10-4-5-10/h9-10,14H,2-8H2,1H3,(H2,13,15). The van der Waals surface area contributed by atoms with Crippen molar-refractivity contribution in [2.45, 2.75) is 51.0 Å². The minimum absolute atomic E-state index is 0.144. The highest BCUT2D eigenvalue weighted by Crippen LogP contribution is 2.34. The monoisotopic (exact) mass is 210 g/mol. The molecule has 2 atom stereocenters. The maximum absolute atomic E-state index is 11.6. The third-order valence-corrected chi connectivity index (χ3v) is 3.90. The molecule has 0 aromatic heterocycles. The number of carbonyl (C=O) groups is 1. The van der Waals surface area contributed by atoms with Gasteiger partial charge in [-0.1, -0.05) is 19.8 Å². The third kappa shape index (κ3) is 2.51. The van der Waals surface area contributed by atoms with Gasteiger partial charge in [0, 0.05) is 0 Å². The van der Waals surface area contributed by atoms with Crippen molar-refractivity contribution in [3.63, 3.8) is 0 Å². The van der Waals surface area contributed by atoms with Crippen LogP contribution in [0.3, 0.4) is 0 Å². The molecule has 0 aliphatic heterocycles. The van der Waals surface area contributed by atoms with E-state index in [-0.39, 0.29) is 11.4 Å². The predicted octanol–water partition coefficient (Wildman–Crippen LogP) is 1.42. The van der Waals surface area contributed by atoms with E-state index in [9.17, 15) is 4.79 Å². The summed E-state index contributed by atoms with van der Waals surface area (Å²) in [6, 6.07) is 0. The number of carbonyl (C=O) groups excluding carboxylic acids is 1. The molecule has 3 heteroatoms. The summed E-state index contributed by atoms with van der Waals surface area (Å²) < 4.78 is 0. The van der Waals surface area contributed by atoms with E-state index in [1.165, 1.54) is 19.3 Å². The summed E-state index contributed by atoms with van der Waals surface area (Å²) in [5.41, 5.74) is 5.18. The van der Waals surface area contributed by atoms with E-state index in [2.05, 4.69) is 12.2 Å². The van der Waals surface area contributed by atoms with E-state index < -0.39 is 0 Å². The first-order valence-electron chi connectivity index (χ1n) is 6.17. The predicted molar refractivity (Wildman–Crippen MR) is 60.3 cm³/mol. The van der Waals surface area contributed by atoms with Crippen molar-refractivity contribution in [2.24, 2.45) is 17.6 Å². The quantitative estimate of drug-likeness (QED) is 0.737. The van der Waals surface area contributed by atoms with Gasteiger partial charge in [0.1, 0.15) is 0 Å². The van der Waals surface area contributed by atoms with Crippen LogP contribution in [0.15, 0.2) is 0 Å². The molecular formula is C12H22N2O. The Balaban J connectivity index is 1.97. The largest absolute Gasteiger partial charge is 0.368 e. The van der Waals surface area contributed by atoms with Gasteiger partial charge in [-0.2, -0.15) is 0 Å². The minimum atomic E-state index is -0.389. The summed E-state index contributed by atoms with van der Waals surface area (Å²) >= 11 is 0. The molecular weight excluding hydrogens is 188 g/mol. The van der Waals surface area contributed by atoms with Crippen LogP contribution in [-0.2, 0) is 4.79 Å². The van der Waals surface area contributed by atoms with Crippen molar-refractivity contribution >= 4 is 5.91 Å². The maximum Gasteiger partial charge on any atom is 0.237 e. The molecule has 2 rings (SSSR count). The van der Waals surface area contributed by atoms with Crippen molar-refractivity contribution in [3.8, 4) is 0 Å². The summed E-state index contributed by atoms with van der Waals surface area (Å²) in [6.45, 7) is 3.20. The van der Waals surface area contributed by atoms with Crippen molar-refractivity contribution in [2.75, 3.05) is 6.54 Å². The molecule has 2 unspecified atom stereocenters. The Bertz CT molecular complexity index is 250. The zero-order chi connectivity index (χ0) is 10.9. The second kappa shape index (κ2) is 4.12. The van der Waals surface area contributed by atoms with Gasteiger partial charge in [0.05, 0.1) is 5.54 Å². The first-order valence-corrected chi connectivity index (χ1v) is 6.17. The van der Waals surface area contributed by atoms with E-state index in [0.29, 0.717) is 5.92 Å². The molecule has 0 aromatic rings. The van der Waals surface area contributed by atoms with Crippen molar-refractivity contribution in [1.29, 1.82) is 0 Å². The fraction of sp³-hybridized carbons (Fsp3) is 0.917. The van der Waals surface area contributed by atoms with E-state index in [1.807, 2.05) is 0 Å². The Hall–Kier alpha value is -0.570. The fourth-order valence-corrected chi connectivity index (χ4v) is 2.68. The Kier molecular flexibility index (Phi) is 3.01. The van der Waals surface area contributed by atoms with Crippen LogP contribution < -0.4 is 11.1 Å². The molecule has 0 aromatic carbocycles. The van der Waals surface area contributed by atoms with Gasteiger partial charge in [0.15, 0.2) is 0 Å². The molecule has 3 nitrogen and oxygen atoms in total. The highest BCUT2D eigenvalue weighted by molar-refractivity contribution is 5.84. The molecule has 2 aliphatic rings.